The summed E-state index contributed by atoms with van der Waals surface area (Å²) in [6.45, 7) is 3.19. The van der Waals surface area contributed by atoms with Crippen molar-refractivity contribution in [2.24, 2.45) is 4.99 Å². The van der Waals surface area contributed by atoms with Gasteiger partial charge in [-0.3, -0.25) is 14.8 Å². The minimum absolute atomic E-state index is 0. The number of aryl methyl sites for hydroxylation is 1. The van der Waals surface area contributed by atoms with Crippen molar-refractivity contribution in [2.45, 2.75) is 19.8 Å². The molecule has 0 saturated heterocycles. The van der Waals surface area contributed by atoms with E-state index in [2.05, 4.69) is 41.9 Å². The fourth-order valence-electron chi connectivity index (χ4n) is 2.35. The van der Waals surface area contributed by atoms with Crippen molar-refractivity contribution in [2.75, 3.05) is 25.5 Å². The lowest BCUT2D eigenvalue weighted by Gasteiger charge is -2.12. The first-order valence-electron chi connectivity index (χ1n) is 8.49. The van der Waals surface area contributed by atoms with E-state index < -0.39 is 0 Å². The Balaban J connectivity index is 0.00000364. The zero-order chi connectivity index (χ0) is 18.8. The molecule has 0 atom stereocenters. The van der Waals surface area contributed by atoms with E-state index in [-0.39, 0.29) is 29.9 Å². The Bertz CT molecular complexity index is 755. The largest absolute Gasteiger partial charge is 0.356 e. The molecule has 0 saturated carbocycles. The summed E-state index contributed by atoms with van der Waals surface area (Å²) in [5.74, 6) is 0.639. The van der Waals surface area contributed by atoms with E-state index >= 15 is 0 Å². The van der Waals surface area contributed by atoms with Gasteiger partial charge in [0.1, 0.15) is 0 Å². The molecule has 0 radical (unpaired) electrons. The van der Waals surface area contributed by atoms with Crippen molar-refractivity contribution < 1.29 is 4.79 Å². The minimum Gasteiger partial charge on any atom is -0.356 e. The summed E-state index contributed by atoms with van der Waals surface area (Å²) in [6, 6.07) is 11.6. The van der Waals surface area contributed by atoms with E-state index in [1.165, 1.54) is 0 Å². The number of hydrogen-bond donors (Lipinski definition) is 3. The van der Waals surface area contributed by atoms with Crippen LogP contribution in [0.4, 0.5) is 5.69 Å². The molecule has 2 rings (SSSR count). The SMILES string of the molecule is CN=C(NCCC(=O)Nc1ccc(Br)cc1C)NCCc1ccccn1.I. The van der Waals surface area contributed by atoms with E-state index in [0.29, 0.717) is 18.9 Å². The molecule has 1 heterocycles. The number of aliphatic imine (C=N–C) groups is 1. The highest BCUT2D eigenvalue weighted by Crippen LogP contribution is 2.19. The minimum atomic E-state index is -0.0353. The highest BCUT2D eigenvalue weighted by Gasteiger charge is 2.06. The molecule has 1 amide bonds. The number of anilines is 1. The van der Waals surface area contributed by atoms with Crippen molar-refractivity contribution in [3.05, 3.63) is 58.3 Å². The van der Waals surface area contributed by atoms with Gasteiger partial charge in [0.2, 0.25) is 5.91 Å². The van der Waals surface area contributed by atoms with Crippen LogP contribution in [0.1, 0.15) is 17.7 Å². The first kappa shape index (κ1) is 23.4. The monoisotopic (exact) mass is 545 g/mol. The number of hydrogen-bond acceptors (Lipinski definition) is 3. The quantitative estimate of drug-likeness (QED) is 0.283. The number of amides is 1. The summed E-state index contributed by atoms with van der Waals surface area (Å²) in [7, 11) is 1.71. The van der Waals surface area contributed by atoms with Crippen LogP contribution in [0.2, 0.25) is 0 Å². The van der Waals surface area contributed by atoms with Crippen molar-refractivity contribution in [1.82, 2.24) is 15.6 Å². The number of guanidine groups is 1. The van der Waals surface area contributed by atoms with Gasteiger partial charge in [0.05, 0.1) is 0 Å². The maximum Gasteiger partial charge on any atom is 0.226 e. The number of halogens is 2. The van der Waals surface area contributed by atoms with E-state index in [9.17, 15) is 4.79 Å². The number of nitrogens with one attached hydrogen (secondary N) is 3. The van der Waals surface area contributed by atoms with E-state index in [1.807, 2.05) is 43.3 Å². The molecule has 0 aliphatic rings. The summed E-state index contributed by atoms with van der Waals surface area (Å²) in [5.41, 5.74) is 2.88. The van der Waals surface area contributed by atoms with Crippen LogP contribution in [0.25, 0.3) is 0 Å². The lowest BCUT2D eigenvalue weighted by Crippen LogP contribution is -2.39. The van der Waals surface area contributed by atoms with Crippen LogP contribution in [0.5, 0.6) is 0 Å². The molecule has 3 N–H and O–H groups in total. The van der Waals surface area contributed by atoms with Crippen LogP contribution in [-0.2, 0) is 11.2 Å². The molecule has 0 aliphatic heterocycles. The van der Waals surface area contributed by atoms with Crippen molar-refractivity contribution in [3.8, 4) is 0 Å². The maximum atomic E-state index is 12.1. The van der Waals surface area contributed by atoms with Crippen LogP contribution in [0.3, 0.4) is 0 Å². The molecule has 0 spiro atoms. The average molecular weight is 546 g/mol. The molecule has 146 valence electrons. The van der Waals surface area contributed by atoms with Gasteiger partial charge in [-0.15, -0.1) is 24.0 Å². The van der Waals surface area contributed by atoms with Crippen LogP contribution < -0.4 is 16.0 Å². The van der Waals surface area contributed by atoms with Gasteiger partial charge in [-0.25, -0.2) is 0 Å². The van der Waals surface area contributed by atoms with Crippen molar-refractivity contribution in [1.29, 1.82) is 0 Å². The summed E-state index contributed by atoms with van der Waals surface area (Å²) >= 11 is 3.42. The van der Waals surface area contributed by atoms with Gasteiger partial charge in [-0.05, 0) is 42.8 Å². The first-order valence-corrected chi connectivity index (χ1v) is 9.28. The molecule has 6 nitrogen and oxygen atoms in total. The number of carbonyl (C=O) groups excluding carboxylic acids is 1. The third-order valence-corrected chi connectivity index (χ3v) is 4.22. The highest BCUT2D eigenvalue weighted by molar-refractivity contribution is 14.0. The van der Waals surface area contributed by atoms with Gasteiger partial charge in [-0.2, -0.15) is 0 Å². The lowest BCUT2D eigenvalue weighted by atomic mass is 10.2. The molecular formula is C19H25BrIN5O. The van der Waals surface area contributed by atoms with E-state index in [0.717, 1.165) is 34.4 Å². The second-order valence-corrected chi connectivity index (χ2v) is 6.67. The number of nitrogens with zero attached hydrogens (tertiary/aromatic N) is 2. The molecule has 2 aromatic rings. The predicted molar refractivity (Wildman–Crippen MR) is 125 cm³/mol. The molecule has 8 heteroatoms. The fraction of sp³-hybridized carbons (Fsp3) is 0.316. The van der Waals surface area contributed by atoms with Crippen molar-refractivity contribution >= 4 is 57.5 Å². The van der Waals surface area contributed by atoms with Gasteiger partial charge >= 0.3 is 0 Å². The molecule has 27 heavy (non-hydrogen) atoms. The van der Waals surface area contributed by atoms with Crippen LogP contribution >= 0.6 is 39.9 Å². The number of rotatable bonds is 7. The van der Waals surface area contributed by atoms with E-state index in [4.69, 9.17) is 0 Å². The zero-order valence-electron chi connectivity index (χ0n) is 15.5. The standard InChI is InChI=1S/C19H24BrN5O.HI/c1-14-13-15(20)6-7-17(14)25-18(26)9-12-24-19(21-2)23-11-8-16-5-3-4-10-22-16;/h3-7,10,13H,8-9,11-12H2,1-2H3,(H,25,26)(H2,21,23,24);1H. The van der Waals surface area contributed by atoms with Gasteiger partial charge < -0.3 is 16.0 Å². The van der Waals surface area contributed by atoms with Crippen LogP contribution in [0.15, 0.2) is 52.1 Å². The van der Waals surface area contributed by atoms with Crippen molar-refractivity contribution in [3.63, 3.8) is 0 Å². The zero-order valence-corrected chi connectivity index (χ0v) is 19.4. The van der Waals surface area contributed by atoms with Gasteiger partial charge in [0.25, 0.3) is 0 Å². The molecule has 1 aromatic heterocycles. The van der Waals surface area contributed by atoms with Gasteiger partial charge in [-0.1, -0.05) is 22.0 Å². The Hall–Kier alpha value is -1.68. The molecule has 1 aromatic carbocycles. The Morgan fingerprint density at radius 3 is 2.63 bits per heavy atom. The Morgan fingerprint density at radius 1 is 1.19 bits per heavy atom. The Labute approximate surface area is 185 Å². The van der Waals surface area contributed by atoms with Gasteiger partial charge in [0.15, 0.2) is 5.96 Å². The molecule has 0 fully saturated rings. The molecular weight excluding hydrogens is 521 g/mol. The van der Waals surface area contributed by atoms with Crippen LogP contribution in [-0.4, -0.2) is 37.0 Å². The third kappa shape index (κ3) is 8.70. The Kier molecular flexibility index (Phi) is 11.0. The molecule has 0 bridgehead atoms. The highest BCUT2D eigenvalue weighted by atomic mass is 127. The number of pyridine rings is 1. The maximum absolute atomic E-state index is 12.1. The lowest BCUT2D eigenvalue weighted by molar-refractivity contribution is -0.116. The van der Waals surface area contributed by atoms with E-state index in [1.54, 1.807) is 13.2 Å². The predicted octanol–water partition coefficient (Wildman–Crippen LogP) is 3.51. The van der Waals surface area contributed by atoms with Gasteiger partial charge in [0, 0.05) is 55.0 Å². The third-order valence-electron chi connectivity index (χ3n) is 3.73. The Morgan fingerprint density at radius 2 is 1.96 bits per heavy atom. The second-order valence-electron chi connectivity index (χ2n) is 5.75. The molecule has 0 unspecified atom stereocenters. The molecule has 0 aliphatic carbocycles. The summed E-state index contributed by atoms with van der Waals surface area (Å²) < 4.78 is 0.996. The van der Waals surface area contributed by atoms with Crippen LogP contribution in [0, 0.1) is 6.92 Å². The average Bonchev–Trinajstić information content (AvgIpc) is 2.63. The number of aromatic nitrogens is 1. The smallest absolute Gasteiger partial charge is 0.226 e. The normalized spacial score (nSPS) is 10.7. The summed E-state index contributed by atoms with van der Waals surface area (Å²) in [6.07, 6.45) is 2.95. The second kappa shape index (κ2) is 12.7. The summed E-state index contributed by atoms with van der Waals surface area (Å²) in [5, 5.41) is 9.29. The topological polar surface area (TPSA) is 78.4 Å². The fourth-order valence-corrected chi connectivity index (χ4v) is 2.83. The first-order chi connectivity index (χ1) is 12.6. The summed E-state index contributed by atoms with van der Waals surface area (Å²) in [4.78, 5) is 20.5. The number of carbonyl (C=O) groups is 1. The number of benzene rings is 1.